The zero-order chi connectivity index (χ0) is 18.0. The lowest BCUT2D eigenvalue weighted by molar-refractivity contribution is 0.0590. The predicted octanol–water partition coefficient (Wildman–Crippen LogP) is 4.29. The monoisotopic (exact) mass is 403 g/mol. The van der Waals surface area contributed by atoms with E-state index in [4.69, 9.17) is 9.47 Å². The summed E-state index contributed by atoms with van der Waals surface area (Å²) in [7, 11) is 2.82. The number of halogens is 1. The van der Waals surface area contributed by atoms with Gasteiger partial charge in [-0.3, -0.25) is 0 Å². The van der Waals surface area contributed by atoms with Crippen molar-refractivity contribution in [1.29, 1.82) is 0 Å². The molecule has 0 fully saturated rings. The Hall–Kier alpha value is -2.80. The van der Waals surface area contributed by atoms with Crippen LogP contribution in [0.2, 0.25) is 0 Å². The van der Waals surface area contributed by atoms with Gasteiger partial charge in [0.15, 0.2) is 11.4 Å². The van der Waals surface area contributed by atoms with Crippen LogP contribution in [-0.4, -0.2) is 30.3 Å². The van der Waals surface area contributed by atoms with Gasteiger partial charge >= 0.3 is 5.97 Å². The van der Waals surface area contributed by atoms with Crippen molar-refractivity contribution < 1.29 is 24.1 Å². The molecule has 0 radical (unpaired) electrons. The summed E-state index contributed by atoms with van der Waals surface area (Å²) in [6.07, 6.45) is 0. The van der Waals surface area contributed by atoms with Crippen molar-refractivity contribution >= 4 is 32.7 Å². The molecule has 0 amide bonds. The first-order valence-electron chi connectivity index (χ1n) is 7.26. The molecule has 0 unspecified atom stereocenters. The van der Waals surface area contributed by atoms with E-state index in [1.54, 1.807) is 49.6 Å². The van der Waals surface area contributed by atoms with E-state index in [1.165, 1.54) is 7.11 Å². The van der Waals surface area contributed by atoms with E-state index in [0.29, 0.717) is 32.6 Å². The number of hydrogen-bond acceptors (Lipinski definition) is 6. The Morgan fingerprint density at radius 3 is 2.40 bits per heavy atom. The molecule has 0 spiro atoms. The Morgan fingerprint density at radius 1 is 1.08 bits per heavy atom. The molecule has 6 nitrogen and oxygen atoms in total. The average molecular weight is 404 g/mol. The smallest absolute Gasteiger partial charge is 0.360 e. The molecule has 0 saturated heterocycles. The van der Waals surface area contributed by atoms with Crippen molar-refractivity contribution in [3.8, 4) is 23.0 Å². The van der Waals surface area contributed by atoms with E-state index in [2.05, 4.69) is 25.7 Å². The van der Waals surface area contributed by atoms with Crippen molar-refractivity contribution in [3.63, 3.8) is 0 Å². The van der Waals surface area contributed by atoms with Crippen LogP contribution in [0.5, 0.6) is 23.0 Å². The Labute approximate surface area is 152 Å². The predicted molar refractivity (Wildman–Crippen MR) is 95.5 cm³/mol. The van der Waals surface area contributed by atoms with Crippen LogP contribution in [0.1, 0.15) is 10.5 Å². The van der Waals surface area contributed by atoms with Crippen LogP contribution in [0.3, 0.4) is 0 Å². The second-order valence-corrected chi connectivity index (χ2v) is 5.80. The van der Waals surface area contributed by atoms with E-state index in [-0.39, 0.29) is 11.4 Å². The van der Waals surface area contributed by atoms with Crippen molar-refractivity contribution in [2.24, 2.45) is 0 Å². The summed E-state index contributed by atoms with van der Waals surface area (Å²) < 4.78 is 16.0. The Kier molecular flexibility index (Phi) is 4.76. The summed E-state index contributed by atoms with van der Waals surface area (Å²) in [5.74, 6) is 0.811. The summed E-state index contributed by atoms with van der Waals surface area (Å²) in [6.45, 7) is 0. The molecule has 1 N–H and O–H groups in total. The zero-order valence-electron chi connectivity index (χ0n) is 13.4. The summed E-state index contributed by atoms with van der Waals surface area (Å²) in [5, 5.41) is 11.3. The number of fused-ring (bicyclic) bond motifs is 1. The molecule has 1 aromatic heterocycles. The van der Waals surface area contributed by atoms with Crippen LogP contribution in [-0.2, 0) is 4.74 Å². The lowest BCUT2D eigenvalue weighted by Gasteiger charge is -2.13. The molecule has 3 rings (SSSR count). The first-order chi connectivity index (χ1) is 12.0. The topological polar surface area (TPSA) is 77.9 Å². The first kappa shape index (κ1) is 17.0. The number of benzene rings is 2. The number of pyridine rings is 1. The van der Waals surface area contributed by atoms with Gasteiger partial charge in [0, 0.05) is 5.39 Å². The maximum Gasteiger partial charge on any atom is 0.360 e. The van der Waals surface area contributed by atoms with Gasteiger partial charge in [-0.25, -0.2) is 9.78 Å². The van der Waals surface area contributed by atoms with Gasteiger partial charge in [0.25, 0.3) is 0 Å². The van der Waals surface area contributed by atoms with Gasteiger partial charge < -0.3 is 19.3 Å². The number of nitrogens with zero attached hydrogens (tertiary/aromatic N) is 1. The highest BCUT2D eigenvalue weighted by molar-refractivity contribution is 9.10. The highest BCUT2D eigenvalue weighted by Gasteiger charge is 2.21. The van der Waals surface area contributed by atoms with Gasteiger partial charge in [0.05, 0.1) is 19.6 Å². The number of aromatic nitrogens is 1. The van der Waals surface area contributed by atoms with Gasteiger partial charge in [0.1, 0.15) is 21.9 Å². The molecule has 128 valence electrons. The third kappa shape index (κ3) is 3.23. The van der Waals surface area contributed by atoms with Crippen molar-refractivity contribution in [2.75, 3.05) is 14.2 Å². The Balaban J connectivity index is 2.10. The van der Waals surface area contributed by atoms with Crippen LogP contribution in [0.4, 0.5) is 0 Å². The summed E-state index contributed by atoms with van der Waals surface area (Å²) in [5.41, 5.74) is -0.163. The van der Waals surface area contributed by atoms with E-state index in [0.717, 1.165) is 0 Å². The third-order valence-electron chi connectivity index (χ3n) is 3.59. The second kappa shape index (κ2) is 6.98. The molecular weight excluding hydrogens is 390 g/mol. The molecule has 0 saturated carbocycles. The van der Waals surface area contributed by atoms with E-state index >= 15 is 0 Å². The molecule has 25 heavy (non-hydrogen) atoms. The largest absolute Gasteiger partial charge is 0.505 e. The lowest BCUT2D eigenvalue weighted by atomic mass is 10.1. The van der Waals surface area contributed by atoms with Crippen LogP contribution >= 0.6 is 15.9 Å². The van der Waals surface area contributed by atoms with E-state index in [1.807, 2.05) is 0 Å². The van der Waals surface area contributed by atoms with Gasteiger partial charge in [-0.15, -0.1) is 0 Å². The average Bonchev–Trinajstić information content (AvgIpc) is 2.64. The molecular formula is C18H14BrNO5. The Morgan fingerprint density at radius 2 is 1.76 bits per heavy atom. The zero-order valence-corrected chi connectivity index (χ0v) is 15.0. The molecule has 0 aliphatic carbocycles. The fraction of sp³-hybridized carbons (Fsp3) is 0.111. The normalized spacial score (nSPS) is 10.5. The van der Waals surface area contributed by atoms with Gasteiger partial charge in [-0.05, 0) is 46.3 Å². The highest BCUT2D eigenvalue weighted by Crippen LogP contribution is 2.39. The molecule has 0 aliphatic rings. The second-order valence-electron chi connectivity index (χ2n) is 5.05. The first-order valence-corrected chi connectivity index (χ1v) is 8.06. The number of methoxy groups -OCH3 is 2. The maximum atomic E-state index is 11.8. The van der Waals surface area contributed by atoms with Gasteiger partial charge in [-0.2, -0.15) is 0 Å². The number of rotatable bonds is 4. The summed E-state index contributed by atoms with van der Waals surface area (Å²) >= 11 is 3.34. The SMILES string of the molecule is COC(=O)c1nc(Br)c2c(Oc3ccc(OC)cc3)cccc2c1O. The minimum Gasteiger partial charge on any atom is -0.505 e. The molecule has 3 aromatic rings. The van der Waals surface area contributed by atoms with Crippen LogP contribution in [0.25, 0.3) is 10.8 Å². The fourth-order valence-corrected chi connectivity index (χ4v) is 2.96. The van der Waals surface area contributed by atoms with Crippen LogP contribution < -0.4 is 9.47 Å². The number of hydrogen-bond donors (Lipinski definition) is 1. The van der Waals surface area contributed by atoms with Gasteiger partial charge in [-0.1, -0.05) is 12.1 Å². The van der Waals surface area contributed by atoms with Crippen molar-refractivity contribution in [3.05, 3.63) is 52.8 Å². The number of ether oxygens (including phenoxy) is 3. The standard InChI is InChI=1S/C18H14BrNO5/c1-23-10-6-8-11(9-7-10)25-13-5-3-4-12-14(13)17(19)20-15(16(12)21)18(22)24-2/h3-9,21H,1-2H3. The van der Waals surface area contributed by atoms with Crippen LogP contribution in [0, 0.1) is 0 Å². The maximum absolute atomic E-state index is 11.8. The number of esters is 1. The van der Waals surface area contributed by atoms with E-state index < -0.39 is 5.97 Å². The summed E-state index contributed by atoms with van der Waals surface area (Å²) in [6, 6.07) is 12.2. The molecule has 0 atom stereocenters. The molecule has 0 bridgehead atoms. The number of carbonyl (C=O) groups excluding carboxylic acids is 1. The highest BCUT2D eigenvalue weighted by atomic mass is 79.9. The van der Waals surface area contributed by atoms with Gasteiger partial charge in [0.2, 0.25) is 0 Å². The summed E-state index contributed by atoms with van der Waals surface area (Å²) in [4.78, 5) is 15.9. The third-order valence-corrected chi connectivity index (χ3v) is 4.16. The van der Waals surface area contributed by atoms with Crippen LogP contribution in [0.15, 0.2) is 47.1 Å². The molecule has 7 heteroatoms. The van der Waals surface area contributed by atoms with Crippen molar-refractivity contribution in [1.82, 2.24) is 4.98 Å². The van der Waals surface area contributed by atoms with Crippen molar-refractivity contribution in [2.45, 2.75) is 0 Å². The Bertz CT molecular complexity index is 940. The molecule has 2 aromatic carbocycles. The number of aromatic hydroxyl groups is 1. The lowest BCUT2D eigenvalue weighted by Crippen LogP contribution is -2.05. The fourth-order valence-electron chi connectivity index (χ4n) is 2.37. The van der Waals surface area contributed by atoms with E-state index in [9.17, 15) is 9.90 Å². The number of carbonyl (C=O) groups is 1. The minimum atomic E-state index is -0.721. The molecule has 1 heterocycles. The minimum absolute atomic E-state index is 0.163. The molecule has 0 aliphatic heterocycles. The quantitative estimate of drug-likeness (QED) is 0.517.